The molecule has 0 aliphatic rings. The molecule has 10 heteroatoms. The van der Waals surface area contributed by atoms with E-state index in [0.29, 0.717) is 11.4 Å². The lowest BCUT2D eigenvalue weighted by molar-refractivity contribution is -0.385. The predicted octanol–water partition coefficient (Wildman–Crippen LogP) is 1.46. The van der Waals surface area contributed by atoms with E-state index in [-0.39, 0.29) is 17.1 Å². The zero-order valence-electron chi connectivity index (χ0n) is 12.1. The van der Waals surface area contributed by atoms with E-state index in [1.54, 1.807) is 30.5 Å². The maximum absolute atomic E-state index is 11.5. The van der Waals surface area contributed by atoms with Gasteiger partial charge in [-0.15, -0.1) is 5.10 Å². The topological polar surface area (TPSA) is 139 Å². The third kappa shape index (κ3) is 3.02. The van der Waals surface area contributed by atoms with Crippen LogP contribution < -0.4 is 10.5 Å². The van der Waals surface area contributed by atoms with E-state index in [1.807, 2.05) is 0 Å². The van der Waals surface area contributed by atoms with Crippen LogP contribution in [-0.4, -0.2) is 30.8 Å². The average Bonchev–Trinajstić information content (AvgIpc) is 3.09. The van der Waals surface area contributed by atoms with Gasteiger partial charge in [0.15, 0.2) is 0 Å². The van der Waals surface area contributed by atoms with Crippen LogP contribution in [0.25, 0.3) is 5.69 Å². The van der Waals surface area contributed by atoms with E-state index < -0.39 is 10.8 Å². The molecule has 0 aliphatic carbocycles. The minimum Gasteiger partial charge on any atom is -0.438 e. The minimum absolute atomic E-state index is 0.121. The molecule has 0 bridgehead atoms. The molecule has 10 nitrogen and oxygen atoms in total. The van der Waals surface area contributed by atoms with Crippen LogP contribution in [0.3, 0.4) is 0 Å². The van der Waals surface area contributed by atoms with Crippen molar-refractivity contribution in [2.24, 2.45) is 5.73 Å². The van der Waals surface area contributed by atoms with E-state index in [4.69, 9.17) is 10.5 Å². The maximum Gasteiger partial charge on any atom is 0.288 e. The van der Waals surface area contributed by atoms with Crippen LogP contribution in [0, 0.1) is 10.1 Å². The molecule has 2 N–H and O–H groups in total. The first-order valence-corrected chi connectivity index (χ1v) is 6.63. The number of primary amides is 1. The van der Waals surface area contributed by atoms with Crippen molar-refractivity contribution in [3.8, 4) is 17.3 Å². The van der Waals surface area contributed by atoms with Gasteiger partial charge in [-0.1, -0.05) is 11.3 Å². The molecule has 2 aromatic heterocycles. The normalized spacial score (nSPS) is 10.3. The molecule has 0 spiro atoms. The van der Waals surface area contributed by atoms with Gasteiger partial charge >= 0.3 is 0 Å². The highest BCUT2D eigenvalue weighted by Gasteiger charge is 2.18. The van der Waals surface area contributed by atoms with Crippen LogP contribution in [0.2, 0.25) is 0 Å². The summed E-state index contributed by atoms with van der Waals surface area (Å²) in [7, 11) is 0. The summed E-state index contributed by atoms with van der Waals surface area (Å²) in [6, 6.07) is 7.78. The lowest BCUT2D eigenvalue weighted by Crippen LogP contribution is -2.13. The van der Waals surface area contributed by atoms with Crippen molar-refractivity contribution >= 4 is 11.6 Å². The van der Waals surface area contributed by atoms with Crippen LogP contribution in [0.4, 0.5) is 5.69 Å². The van der Waals surface area contributed by atoms with Crippen molar-refractivity contribution in [1.82, 2.24) is 20.0 Å². The summed E-state index contributed by atoms with van der Waals surface area (Å²) in [5, 5.41) is 18.3. The summed E-state index contributed by atoms with van der Waals surface area (Å²) in [5.41, 5.74) is 5.38. The Morgan fingerprint density at radius 1 is 1.33 bits per heavy atom. The molecule has 24 heavy (non-hydrogen) atoms. The first-order chi connectivity index (χ1) is 11.5. The molecule has 0 radical (unpaired) electrons. The summed E-state index contributed by atoms with van der Waals surface area (Å²) < 4.78 is 7.07. The molecule has 0 aliphatic heterocycles. The summed E-state index contributed by atoms with van der Waals surface area (Å²) in [6.45, 7) is 0. The minimum atomic E-state index is -0.881. The molecule has 2 heterocycles. The zero-order chi connectivity index (χ0) is 17.1. The molecule has 3 aromatic rings. The van der Waals surface area contributed by atoms with Gasteiger partial charge in [0, 0.05) is 12.1 Å². The van der Waals surface area contributed by atoms with Crippen molar-refractivity contribution in [1.29, 1.82) is 0 Å². The number of aromatic nitrogens is 4. The number of amides is 1. The number of ether oxygens (including phenoxy) is 1. The Hall–Kier alpha value is -3.82. The summed E-state index contributed by atoms with van der Waals surface area (Å²) in [5.74, 6) is -0.649. The molecular formula is C14H10N6O4. The lowest BCUT2D eigenvalue weighted by Gasteiger charge is -2.09. The van der Waals surface area contributed by atoms with Gasteiger partial charge in [-0.2, -0.15) is 0 Å². The third-order valence-corrected chi connectivity index (χ3v) is 3.03. The van der Waals surface area contributed by atoms with Gasteiger partial charge in [0.05, 0.1) is 23.0 Å². The van der Waals surface area contributed by atoms with Gasteiger partial charge in [-0.3, -0.25) is 14.9 Å². The van der Waals surface area contributed by atoms with Gasteiger partial charge in [0.2, 0.25) is 5.88 Å². The van der Waals surface area contributed by atoms with Crippen LogP contribution in [-0.2, 0) is 0 Å². The van der Waals surface area contributed by atoms with E-state index >= 15 is 0 Å². The van der Waals surface area contributed by atoms with Crippen molar-refractivity contribution in [3.05, 3.63) is 64.6 Å². The van der Waals surface area contributed by atoms with E-state index in [0.717, 1.165) is 12.3 Å². The van der Waals surface area contributed by atoms with E-state index in [1.165, 1.54) is 10.9 Å². The van der Waals surface area contributed by atoms with Gasteiger partial charge < -0.3 is 10.5 Å². The Morgan fingerprint density at radius 2 is 2.17 bits per heavy atom. The van der Waals surface area contributed by atoms with Crippen LogP contribution >= 0.6 is 0 Å². The van der Waals surface area contributed by atoms with Crippen LogP contribution in [0.1, 0.15) is 10.4 Å². The second-order valence-electron chi connectivity index (χ2n) is 4.61. The maximum atomic E-state index is 11.5. The second-order valence-corrected chi connectivity index (χ2v) is 4.61. The van der Waals surface area contributed by atoms with Gasteiger partial charge in [-0.25, -0.2) is 9.67 Å². The highest BCUT2D eigenvalue weighted by atomic mass is 16.6. The van der Waals surface area contributed by atoms with Crippen LogP contribution in [0.15, 0.2) is 48.9 Å². The molecule has 0 saturated heterocycles. The number of pyridine rings is 1. The second kappa shape index (κ2) is 6.12. The van der Waals surface area contributed by atoms with Gasteiger partial charge in [0.1, 0.15) is 17.5 Å². The quantitative estimate of drug-likeness (QED) is 0.553. The zero-order valence-corrected chi connectivity index (χ0v) is 12.1. The number of hydrogen-bond donors (Lipinski definition) is 1. The van der Waals surface area contributed by atoms with Crippen molar-refractivity contribution in [2.45, 2.75) is 0 Å². The van der Waals surface area contributed by atoms with E-state index in [9.17, 15) is 14.9 Å². The summed E-state index contributed by atoms with van der Waals surface area (Å²) in [6.07, 6.45) is 4.16. The average molecular weight is 326 g/mol. The highest BCUT2D eigenvalue weighted by molar-refractivity contribution is 5.95. The Balaban J connectivity index is 1.95. The fourth-order valence-corrected chi connectivity index (χ4v) is 1.95. The summed E-state index contributed by atoms with van der Waals surface area (Å²) in [4.78, 5) is 25.4. The van der Waals surface area contributed by atoms with Crippen LogP contribution in [0.5, 0.6) is 11.6 Å². The smallest absolute Gasteiger partial charge is 0.288 e. The number of carbonyl (C=O) groups is 1. The number of nitrogens with zero attached hydrogens (tertiary/aromatic N) is 5. The molecule has 0 unspecified atom stereocenters. The SMILES string of the molecule is NC(=O)c1cc([N+](=O)[O-])cnc1Oc1cccc(-n2ccnn2)c1. The Labute approximate surface area is 134 Å². The van der Waals surface area contributed by atoms with Gasteiger partial charge in [-0.05, 0) is 12.1 Å². The van der Waals surface area contributed by atoms with Gasteiger partial charge in [0.25, 0.3) is 11.6 Å². The summed E-state index contributed by atoms with van der Waals surface area (Å²) >= 11 is 0. The lowest BCUT2D eigenvalue weighted by atomic mass is 10.2. The number of hydrogen-bond acceptors (Lipinski definition) is 7. The molecule has 1 amide bonds. The largest absolute Gasteiger partial charge is 0.438 e. The monoisotopic (exact) mass is 326 g/mol. The predicted molar refractivity (Wildman–Crippen MR) is 80.8 cm³/mol. The standard InChI is InChI=1S/C14H10N6O4/c15-13(21)12-7-10(20(22)23)8-16-14(12)24-11-3-1-2-9(6-11)19-5-4-17-18-19/h1-8H,(H2,15,21). The molecular weight excluding hydrogens is 316 g/mol. The molecule has 120 valence electrons. The number of nitro groups is 1. The first kappa shape index (κ1) is 15.1. The van der Waals surface area contributed by atoms with E-state index in [2.05, 4.69) is 15.3 Å². The van der Waals surface area contributed by atoms with Crippen molar-refractivity contribution in [2.75, 3.05) is 0 Å². The Kier molecular flexibility index (Phi) is 3.85. The van der Waals surface area contributed by atoms with Crippen molar-refractivity contribution < 1.29 is 14.5 Å². The fraction of sp³-hybridized carbons (Fsp3) is 0. The molecule has 0 fully saturated rings. The number of nitrogens with two attached hydrogens (primary N) is 1. The number of rotatable bonds is 5. The molecule has 1 aromatic carbocycles. The molecule has 3 rings (SSSR count). The Bertz CT molecular complexity index is 909. The first-order valence-electron chi connectivity index (χ1n) is 6.63. The highest BCUT2D eigenvalue weighted by Crippen LogP contribution is 2.27. The fourth-order valence-electron chi connectivity index (χ4n) is 1.95. The number of carbonyl (C=O) groups excluding carboxylic acids is 1. The Morgan fingerprint density at radius 3 is 2.83 bits per heavy atom. The van der Waals surface area contributed by atoms with Crippen molar-refractivity contribution in [3.63, 3.8) is 0 Å². The molecule has 0 saturated carbocycles. The third-order valence-electron chi connectivity index (χ3n) is 3.03. The number of benzene rings is 1. The molecule has 0 atom stereocenters.